The summed E-state index contributed by atoms with van der Waals surface area (Å²) in [5.41, 5.74) is 9.12. The van der Waals surface area contributed by atoms with E-state index in [-0.39, 0.29) is 10.8 Å². The van der Waals surface area contributed by atoms with Gasteiger partial charge in [-0.05, 0) is 49.9 Å². The zero-order valence-electron chi connectivity index (χ0n) is 21.2. The zero-order chi connectivity index (χ0) is 24.1. The van der Waals surface area contributed by atoms with Gasteiger partial charge in [-0.2, -0.15) is 0 Å². The summed E-state index contributed by atoms with van der Waals surface area (Å²) in [5.74, 6) is 0.962. The van der Waals surface area contributed by atoms with Crippen molar-refractivity contribution in [1.29, 1.82) is 0 Å². The average Bonchev–Trinajstić information content (AvgIpc) is 2.82. The molecule has 0 amide bonds. The van der Waals surface area contributed by atoms with E-state index >= 15 is 0 Å². The van der Waals surface area contributed by atoms with Gasteiger partial charge in [0.2, 0.25) is 0 Å². The minimum absolute atomic E-state index is 0.124. The Kier molecular flexibility index (Phi) is 5.40. The molecule has 0 radical (unpaired) electrons. The van der Waals surface area contributed by atoms with E-state index in [0.29, 0.717) is 6.61 Å². The first-order valence-electron chi connectivity index (χ1n) is 12.2. The predicted molar refractivity (Wildman–Crippen MR) is 146 cm³/mol. The Morgan fingerprint density at radius 2 is 1.15 bits per heavy atom. The van der Waals surface area contributed by atoms with Crippen LogP contribution in [0.1, 0.15) is 69.4 Å². The molecule has 0 spiro atoms. The van der Waals surface area contributed by atoms with Crippen molar-refractivity contribution >= 4 is 21.9 Å². The van der Waals surface area contributed by atoms with Crippen molar-refractivity contribution in [2.24, 2.45) is 0 Å². The maximum absolute atomic E-state index is 6.37. The topological polar surface area (TPSA) is 9.23 Å². The average molecular weight is 447 g/mol. The van der Waals surface area contributed by atoms with Gasteiger partial charge in [0.05, 0.1) is 0 Å². The van der Waals surface area contributed by atoms with Crippen LogP contribution in [0, 0.1) is 0 Å². The summed E-state index contributed by atoms with van der Waals surface area (Å²) in [6.07, 6.45) is 0. The summed E-state index contributed by atoms with van der Waals surface area (Å²) < 4.78 is 6.37. The normalized spacial score (nSPS) is 14.2. The smallest absolute Gasteiger partial charge is 0.128 e. The fourth-order valence-corrected chi connectivity index (χ4v) is 4.86. The quantitative estimate of drug-likeness (QED) is 0.299. The highest BCUT2D eigenvalue weighted by Gasteiger charge is 2.26. The van der Waals surface area contributed by atoms with Crippen LogP contribution in [0.2, 0.25) is 0 Å². The number of ether oxygens (including phenoxy) is 1. The molecule has 0 N–H and O–H groups in total. The molecule has 1 aliphatic heterocycles. The van der Waals surface area contributed by atoms with E-state index in [9.17, 15) is 0 Å². The summed E-state index contributed by atoms with van der Waals surface area (Å²) in [6, 6.07) is 31.1. The van der Waals surface area contributed by atoms with Gasteiger partial charge in [-0.25, -0.2) is 0 Å². The largest absolute Gasteiger partial charge is 0.488 e. The van der Waals surface area contributed by atoms with Crippen molar-refractivity contribution in [3.05, 3.63) is 113 Å². The first-order chi connectivity index (χ1) is 16.1. The Morgan fingerprint density at radius 1 is 0.588 bits per heavy atom. The predicted octanol–water partition coefficient (Wildman–Crippen LogP) is 8.79. The minimum atomic E-state index is 0.124. The van der Waals surface area contributed by atoms with Gasteiger partial charge in [-0.15, -0.1) is 0 Å². The van der Waals surface area contributed by atoms with Crippen LogP contribution in [0.25, 0.3) is 21.9 Å². The molecule has 0 bridgehead atoms. The molecule has 4 aromatic rings. The number of benzene rings is 4. The van der Waals surface area contributed by atoms with Gasteiger partial charge in [-0.3, -0.25) is 0 Å². The Morgan fingerprint density at radius 3 is 1.74 bits per heavy atom. The van der Waals surface area contributed by atoms with E-state index in [1.807, 2.05) is 0 Å². The summed E-state index contributed by atoms with van der Waals surface area (Å²) in [4.78, 5) is 0. The molecule has 0 aromatic heterocycles. The highest BCUT2D eigenvalue weighted by atomic mass is 16.5. The molecule has 0 saturated heterocycles. The Bertz CT molecular complexity index is 1370. The molecular weight excluding hydrogens is 412 g/mol. The Hall–Kier alpha value is -3.32. The molecule has 0 atom stereocenters. The van der Waals surface area contributed by atoms with Crippen molar-refractivity contribution in [3.8, 4) is 5.75 Å². The minimum Gasteiger partial charge on any atom is -0.488 e. The molecule has 1 heterocycles. The molecule has 1 nitrogen and oxygen atoms in total. The molecule has 34 heavy (non-hydrogen) atoms. The molecule has 1 heteroatoms. The molecule has 0 unspecified atom stereocenters. The summed E-state index contributed by atoms with van der Waals surface area (Å²) in [6.45, 7) is 14.1. The highest BCUT2D eigenvalue weighted by molar-refractivity contribution is 6.09. The summed E-state index contributed by atoms with van der Waals surface area (Å²) in [7, 11) is 0. The summed E-state index contributed by atoms with van der Waals surface area (Å²) in [5, 5.41) is 2.47. The number of hydrogen-bond donors (Lipinski definition) is 0. The van der Waals surface area contributed by atoms with Gasteiger partial charge in [-0.1, -0.05) is 120 Å². The third-order valence-electron chi connectivity index (χ3n) is 6.95. The van der Waals surface area contributed by atoms with Crippen LogP contribution in [0.4, 0.5) is 0 Å². The van der Waals surface area contributed by atoms with Gasteiger partial charge in [0.15, 0.2) is 0 Å². The van der Waals surface area contributed by atoms with Crippen LogP contribution in [-0.4, -0.2) is 6.61 Å². The van der Waals surface area contributed by atoms with Crippen LogP contribution >= 0.6 is 0 Å². The molecule has 0 saturated carbocycles. The number of hydrogen-bond acceptors (Lipinski definition) is 1. The van der Waals surface area contributed by atoms with E-state index < -0.39 is 0 Å². The lowest BCUT2D eigenvalue weighted by Gasteiger charge is -2.27. The molecule has 0 fully saturated rings. The highest BCUT2D eigenvalue weighted by Crippen LogP contribution is 2.45. The third kappa shape index (κ3) is 4.05. The van der Waals surface area contributed by atoms with Crippen LogP contribution < -0.4 is 4.74 Å². The Balaban J connectivity index is 1.76. The molecular formula is C33H34O. The van der Waals surface area contributed by atoms with Crippen molar-refractivity contribution < 1.29 is 4.74 Å². The van der Waals surface area contributed by atoms with Crippen molar-refractivity contribution in [1.82, 2.24) is 0 Å². The lowest BCUT2D eigenvalue weighted by molar-refractivity contribution is 0.365. The Labute approximate surface area is 204 Å². The summed E-state index contributed by atoms with van der Waals surface area (Å²) >= 11 is 0. The molecule has 5 rings (SSSR count). The van der Waals surface area contributed by atoms with Crippen LogP contribution in [0.15, 0.2) is 84.9 Å². The van der Waals surface area contributed by atoms with E-state index in [4.69, 9.17) is 4.74 Å². The van der Waals surface area contributed by atoms with Crippen LogP contribution in [0.3, 0.4) is 0 Å². The first kappa shape index (κ1) is 22.5. The van der Waals surface area contributed by atoms with Gasteiger partial charge in [0, 0.05) is 16.7 Å². The lowest BCUT2D eigenvalue weighted by Crippen LogP contribution is -2.14. The van der Waals surface area contributed by atoms with Crippen LogP contribution in [-0.2, 0) is 10.8 Å². The fraction of sp³-hybridized carbons (Fsp3) is 0.273. The van der Waals surface area contributed by atoms with E-state index in [1.165, 1.54) is 49.7 Å². The SMILES string of the molecule is CC(C)(C)c1ccc(C2=C(c3ccc(C(C)(C)C)cc3)c3c(ccc4ccccc34)OC2)cc1. The maximum atomic E-state index is 6.37. The molecule has 172 valence electrons. The fourth-order valence-electron chi connectivity index (χ4n) is 4.86. The van der Waals surface area contributed by atoms with E-state index in [2.05, 4.69) is 126 Å². The van der Waals surface area contributed by atoms with Gasteiger partial charge in [0.1, 0.15) is 12.4 Å². The van der Waals surface area contributed by atoms with Gasteiger partial charge < -0.3 is 4.74 Å². The zero-order valence-corrected chi connectivity index (χ0v) is 21.2. The van der Waals surface area contributed by atoms with Gasteiger partial charge in [0.25, 0.3) is 0 Å². The second-order valence-corrected chi connectivity index (χ2v) is 11.5. The maximum Gasteiger partial charge on any atom is 0.128 e. The third-order valence-corrected chi connectivity index (χ3v) is 6.95. The van der Waals surface area contributed by atoms with Gasteiger partial charge >= 0.3 is 0 Å². The molecule has 4 aromatic carbocycles. The van der Waals surface area contributed by atoms with Crippen molar-refractivity contribution in [2.45, 2.75) is 52.4 Å². The van der Waals surface area contributed by atoms with Crippen LogP contribution in [0.5, 0.6) is 5.75 Å². The standard InChI is InChI=1S/C33H34O/c1-32(2,3)25-16-11-23(12-17-25)28-21-34-29-20-15-22-9-7-8-10-27(22)31(29)30(28)24-13-18-26(19-14-24)33(4,5)6/h7-20H,21H2,1-6H3. The number of fused-ring (bicyclic) bond motifs is 3. The van der Waals surface area contributed by atoms with Crippen molar-refractivity contribution in [2.75, 3.05) is 6.61 Å². The lowest BCUT2D eigenvalue weighted by atomic mass is 9.82. The van der Waals surface area contributed by atoms with E-state index in [1.54, 1.807) is 0 Å². The second-order valence-electron chi connectivity index (χ2n) is 11.5. The second kappa shape index (κ2) is 8.17. The number of rotatable bonds is 2. The first-order valence-corrected chi connectivity index (χ1v) is 12.2. The van der Waals surface area contributed by atoms with E-state index in [0.717, 1.165) is 5.75 Å². The van der Waals surface area contributed by atoms with Crippen molar-refractivity contribution in [3.63, 3.8) is 0 Å². The monoisotopic (exact) mass is 446 g/mol. The molecule has 0 aliphatic carbocycles. The molecule has 1 aliphatic rings.